The molecule has 3 atom stereocenters. The summed E-state index contributed by atoms with van der Waals surface area (Å²) >= 11 is 5.15. The molecule has 27 heavy (non-hydrogen) atoms. The van der Waals surface area contributed by atoms with E-state index in [-0.39, 0.29) is 9.45 Å². The van der Waals surface area contributed by atoms with Crippen LogP contribution in [0.3, 0.4) is 0 Å². The lowest BCUT2D eigenvalue weighted by molar-refractivity contribution is 0.0398. The van der Waals surface area contributed by atoms with Crippen molar-refractivity contribution in [3.8, 4) is 0 Å². The number of carbonyl (C=O) groups is 1. The van der Waals surface area contributed by atoms with Crippen molar-refractivity contribution in [1.82, 2.24) is 14.8 Å². The highest BCUT2D eigenvalue weighted by molar-refractivity contribution is 14.1. The van der Waals surface area contributed by atoms with E-state index in [2.05, 4.69) is 81.9 Å². The molecule has 0 radical (unpaired) electrons. The second-order valence-corrected chi connectivity index (χ2v) is 11.9. The molecule has 2 aliphatic rings. The van der Waals surface area contributed by atoms with Gasteiger partial charge >= 0.3 is 0 Å². The first-order valence-corrected chi connectivity index (χ1v) is 12.5. The Balaban J connectivity index is 1.65. The molecule has 2 heterocycles. The SMILES string of the molecule is CCCCC(C)C(I)N1CCN(C(=O)c2cccc(C3CC3)n2)CC1(C)I. The molecule has 1 aromatic heterocycles. The van der Waals surface area contributed by atoms with E-state index in [4.69, 9.17) is 0 Å². The second-order valence-electron chi connectivity index (χ2n) is 8.28. The number of aromatic nitrogens is 1. The second kappa shape index (κ2) is 9.24. The van der Waals surface area contributed by atoms with Gasteiger partial charge < -0.3 is 4.90 Å². The smallest absolute Gasteiger partial charge is 0.272 e. The highest BCUT2D eigenvalue weighted by Crippen LogP contribution is 2.39. The van der Waals surface area contributed by atoms with Gasteiger partial charge in [0.15, 0.2) is 0 Å². The third kappa shape index (κ3) is 5.35. The van der Waals surface area contributed by atoms with E-state index in [0.717, 1.165) is 25.3 Å². The number of halogens is 2. The predicted molar refractivity (Wildman–Crippen MR) is 128 cm³/mol. The van der Waals surface area contributed by atoms with Crippen molar-refractivity contribution in [1.29, 1.82) is 0 Å². The number of amides is 1. The van der Waals surface area contributed by atoms with Gasteiger partial charge in [-0.1, -0.05) is 77.9 Å². The summed E-state index contributed by atoms with van der Waals surface area (Å²) in [5, 5.41) is 0. The molecule has 3 rings (SSSR count). The van der Waals surface area contributed by atoms with Gasteiger partial charge in [-0.05, 0) is 44.2 Å². The molecule has 0 N–H and O–H groups in total. The van der Waals surface area contributed by atoms with E-state index in [1.54, 1.807) is 0 Å². The van der Waals surface area contributed by atoms with Crippen LogP contribution in [0.1, 0.15) is 75.0 Å². The normalized spacial score (nSPS) is 26.0. The summed E-state index contributed by atoms with van der Waals surface area (Å²) in [6.45, 7) is 9.35. The van der Waals surface area contributed by atoms with E-state index in [9.17, 15) is 4.79 Å². The summed E-state index contributed by atoms with van der Waals surface area (Å²) in [6, 6.07) is 5.93. The van der Waals surface area contributed by atoms with Gasteiger partial charge in [-0.25, -0.2) is 4.98 Å². The standard InChI is InChI=1S/C21H31I2N3O/c1-4-5-7-15(2)19(22)26-13-12-25(14-21(26,3)23)20(27)18-9-6-8-17(24-18)16-10-11-16/h6,8-9,15-16,19H,4-5,7,10-14H2,1-3H3. The molecule has 1 saturated heterocycles. The number of rotatable bonds is 7. The maximum Gasteiger partial charge on any atom is 0.272 e. The number of hydrogen-bond donors (Lipinski definition) is 0. The molecule has 4 nitrogen and oxygen atoms in total. The molecule has 1 aliphatic carbocycles. The number of alkyl halides is 2. The zero-order valence-electron chi connectivity index (χ0n) is 16.6. The summed E-state index contributed by atoms with van der Waals surface area (Å²) in [7, 11) is 0. The minimum Gasteiger partial charge on any atom is -0.333 e. The van der Waals surface area contributed by atoms with Gasteiger partial charge in [0.05, 0.1) is 7.59 Å². The van der Waals surface area contributed by atoms with Crippen LogP contribution in [0.4, 0.5) is 0 Å². The number of hydrogen-bond acceptors (Lipinski definition) is 3. The lowest BCUT2D eigenvalue weighted by Gasteiger charge is -2.49. The quantitative estimate of drug-likeness (QED) is 0.239. The maximum atomic E-state index is 13.1. The van der Waals surface area contributed by atoms with Gasteiger partial charge in [-0.15, -0.1) is 0 Å². The zero-order valence-corrected chi connectivity index (χ0v) is 20.9. The molecular formula is C21H31I2N3O. The monoisotopic (exact) mass is 595 g/mol. The number of piperazine rings is 1. The first-order chi connectivity index (χ1) is 12.8. The van der Waals surface area contributed by atoms with Gasteiger partial charge in [0.1, 0.15) is 5.69 Å². The fourth-order valence-corrected chi connectivity index (χ4v) is 6.58. The van der Waals surface area contributed by atoms with E-state index >= 15 is 0 Å². The Bertz CT molecular complexity index is 663. The Hall–Kier alpha value is 0.0400. The van der Waals surface area contributed by atoms with Gasteiger partial charge in [0.2, 0.25) is 0 Å². The van der Waals surface area contributed by atoms with Crippen LogP contribution in [0, 0.1) is 5.92 Å². The molecule has 1 amide bonds. The Labute approximate surface area is 191 Å². The third-order valence-electron chi connectivity index (χ3n) is 5.74. The van der Waals surface area contributed by atoms with Crippen LogP contribution >= 0.6 is 45.2 Å². The van der Waals surface area contributed by atoms with Crippen LogP contribution in [0.2, 0.25) is 0 Å². The Morgan fingerprint density at radius 2 is 2.11 bits per heavy atom. The third-order valence-corrected chi connectivity index (χ3v) is 8.60. The Morgan fingerprint density at radius 3 is 2.74 bits per heavy atom. The minimum absolute atomic E-state index is 0.0495. The molecule has 2 fully saturated rings. The van der Waals surface area contributed by atoms with Crippen LogP contribution in [-0.2, 0) is 0 Å². The summed E-state index contributed by atoms with van der Waals surface area (Å²) in [4.78, 5) is 22.3. The van der Waals surface area contributed by atoms with Crippen molar-refractivity contribution in [2.75, 3.05) is 19.6 Å². The topological polar surface area (TPSA) is 36.4 Å². The van der Waals surface area contributed by atoms with E-state index in [0.29, 0.717) is 21.6 Å². The van der Waals surface area contributed by atoms with Gasteiger partial charge in [0, 0.05) is 31.2 Å². The van der Waals surface area contributed by atoms with Gasteiger partial charge in [-0.3, -0.25) is 9.69 Å². The van der Waals surface area contributed by atoms with Crippen LogP contribution < -0.4 is 0 Å². The summed E-state index contributed by atoms with van der Waals surface area (Å²) in [5.41, 5.74) is 1.70. The van der Waals surface area contributed by atoms with Crippen LogP contribution in [0.15, 0.2) is 18.2 Å². The lowest BCUT2D eigenvalue weighted by atomic mass is 10.0. The van der Waals surface area contributed by atoms with Crippen molar-refractivity contribution in [2.24, 2.45) is 5.92 Å². The van der Waals surface area contributed by atoms with Gasteiger partial charge in [0.25, 0.3) is 5.91 Å². The first-order valence-electron chi connectivity index (χ1n) is 10.2. The summed E-state index contributed by atoms with van der Waals surface area (Å²) < 4.78 is 0.455. The van der Waals surface area contributed by atoms with Crippen molar-refractivity contribution in [3.05, 3.63) is 29.6 Å². The number of unbranched alkanes of at least 4 members (excludes halogenated alkanes) is 1. The van der Waals surface area contributed by atoms with Crippen LogP contribution in [0.5, 0.6) is 0 Å². The van der Waals surface area contributed by atoms with Crippen molar-refractivity contribution in [3.63, 3.8) is 0 Å². The molecule has 6 heteroatoms. The molecule has 0 aromatic carbocycles. The largest absolute Gasteiger partial charge is 0.333 e. The van der Waals surface area contributed by atoms with Crippen molar-refractivity contribution < 1.29 is 4.79 Å². The molecule has 0 bridgehead atoms. The Morgan fingerprint density at radius 1 is 1.37 bits per heavy atom. The molecule has 1 saturated carbocycles. The highest BCUT2D eigenvalue weighted by Gasteiger charge is 2.41. The average Bonchev–Trinajstić information content (AvgIpc) is 3.49. The number of pyridine rings is 1. The first kappa shape index (κ1) is 21.7. The fraction of sp³-hybridized carbons (Fsp3) is 0.714. The van der Waals surface area contributed by atoms with E-state index < -0.39 is 0 Å². The predicted octanol–water partition coefficient (Wildman–Crippen LogP) is 5.46. The fourth-order valence-electron chi connectivity index (χ4n) is 3.84. The maximum absolute atomic E-state index is 13.1. The van der Waals surface area contributed by atoms with Crippen LogP contribution in [0.25, 0.3) is 0 Å². The molecule has 0 spiro atoms. The average molecular weight is 595 g/mol. The van der Waals surface area contributed by atoms with E-state index in [1.165, 1.54) is 32.1 Å². The summed E-state index contributed by atoms with van der Waals surface area (Å²) in [5.74, 6) is 1.33. The molecule has 1 aromatic rings. The van der Waals surface area contributed by atoms with Crippen molar-refractivity contribution in [2.45, 2.75) is 66.4 Å². The molecule has 1 aliphatic heterocycles. The molecule has 150 valence electrons. The minimum atomic E-state index is -0.0495. The highest BCUT2D eigenvalue weighted by atomic mass is 127. The number of nitrogens with zero attached hydrogens (tertiary/aromatic N) is 3. The van der Waals surface area contributed by atoms with Gasteiger partial charge in [-0.2, -0.15) is 0 Å². The van der Waals surface area contributed by atoms with Crippen molar-refractivity contribution >= 4 is 51.1 Å². The zero-order chi connectivity index (χ0) is 19.6. The van der Waals surface area contributed by atoms with Crippen LogP contribution in [-0.4, -0.2) is 47.9 Å². The number of carbonyl (C=O) groups excluding carboxylic acids is 1. The lowest BCUT2D eigenvalue weighted by Crippen LogP contribution is -2.61. The Kier molecular flexibility index (Phi) is 7.44. The summed E-state index contributed by atoms with van der Waals surface area (Å²) in [6.07, 6.45) is 6.24. The molecular weight excluding hydrogens is 564 g/mol. The van der Waals surface area contributed by atoms with E-state index in [1.807, 2.05) is 17.0 Å². The molecule has 3 unspecified atom stereocenters.